The molecular weight excluding hydrogens is 122 g/mol. The van der Waals surface area contributed by atoms with E-state index in [1.807, 2.05) is 0 Å². The first-order valence-corrected chi connectivity index (χ1v) is 2.69. The van der Waals surface area contributed by atoms with Gasteiger partial charge in [-0.25, -0.2) is 5.06 Å². The molecule has 0 unspecified atom stereocenters. The lowest BCUT2D eigenvalue weighted by Crippen LogP contribution is -2.29. The van der Waals surface area contributed by atoms with Crippen molar-refractivity contribution in [2.75, 3.05) is 20.8 Å². The highest BCUT2D eigenvalue weighted by molar-refractivity contribution is 5.81. The summed E-state index contributed by atoms with van der Waals surface area (Å²) in [7, 11) is 3.00. The van der Waals surface area contributed by atoms with Crippen molar-refractivity contribution < 1.29 is 14.4 Å². The van der Waals surface area contributed by atoms with Gasteiger partial charge in [0.1, 0.15) is 0 Å². The lowest BCUT2D eigenvalue weighted by Gasteiger charge is -2.10. The normalized spacial score (nSPS) is 23.6. The highest BCUT2D eigenvalue weighted by Crippen LogP contribution is 2.11. The fourth-order valence-corrected chi connectivity index (χ4v) is 0.483. The molecule has 0 aromatic rings. The highest BCUT2D eigenvalue weighted by Gasteiger charge is 2.33. The van der Waals surface area contributed by atoms with Gasteiger partial charge in [-0.15, -0.1) is 0 Å². The van der Waals surface area contributed by atoms with E-state index in [1.54, 1.807) is 7.05 Å². The van der Waals surface area contributed by atoms with E-state index in [2.05, 4.69) is 4.84 Å². The molecule has 1 rings (SSSR count). The molecule has 1 amide bonds. The minimum Gasteiger partial charge on any atom is -0.363 e. The Morgan fingerprint density at radius 3 is 2.78 bits per heavy atom. The summed E-state index contributed by atoms with van der Waals surface area (Å²) in [6.45, 7) is 0.534. The van der Waals surface area contributed by atoms with Gasteiger partial charge < -0.3 is 4.74 Å². The number of hydrogen-bond donors (Lipinski definition) is 0. The van der Waals surface area contributed by atoms with E-state index in [9.17, 15) is 4.79 Å². The van der Waals surface area contributed by atoms with Crippen molar-refractivity contribution >= 4 is 5.91 Å². The van der Waals surface area contributed by atoms with Gasteiger partial charge in [0.15, 0.2) is 6.10 Å². The molecule has 4 heteroatoms. The smallest absolute Gasteiger partial charge is 0.277 e. The summed E-state index contributed by atoms with van der Waals surface area (Å²) in [5.41, 5.74) is 0. The van der Waals surface area contributed by atoms with E-state index in [4.69, 9.17) is 4.74 Å². The monoisotopic (exact) mass is 131 g/mol. The first-order chi connectivity index (χ1) is 4.25. The SMILES string of the molecule is CON(C)C(=O)[C@@H]1CO1. The van der Waals surface area contributed by atoms with Crippen molar-refractivity contribution in [3.63, 3.8) is 0 Å². The molecule has 0 aromatic heterocycles. The van der Waals surface area contributed by atoms with Gasteiger partial charge in [-0.2, -0.15) is 0 Å². The Morgan fingerprint density at radius 2 is 2.44 bits per heavy atom. The van der Waals surface area contributed by atoms with Gasteiger partial charge >= 0.3 is 0 Å². The van der Waals surface area contributed by atoms with Crippen molar-refractivity contribution in [3.8, 4) is 0 Å². The zero-order valence-electron chi connectivity index (χ0n) is 5.46. The molecule has 0 N–H and O–H groups in total. The fraction of sp³-hybridized carbons (Fsp3) is 0.800. The van der Waals surface area contributed by atoms with Crippen LogP contribution in [0.1, 0.15) is 0 Å². The van der Waals surface area contributed by atoms with E-state index in [0.717, 1.165) is 5.06 Å². The number of carbonyl (C=O) groups excluding carboxylic acids is 1. The van der Waals surface area contributed by atoms with Gasteiger partial charge in [0, 0.05) is 7.05 Å². The Hall–Kier alpha value is -0.610. The highest BCUT2D eigenvalue weighted by atomic mass is 16.7. The molecular formula is C5H9NO3. The van der Waals surface area contributed by atoms with Crippen LogP contribution in [0.5, 0.6) is 0 Å². The molecule has 1 atom stereocenters. The van der Waals surface area contributed by atoms with Crippen LogP contribution < -0.4 is 0 Å². The second-order valence-electron chi connectivity index (χ2n) is 1.84. The Bertz CT molecular complexity index is 121. The molecule has 0 aromatic carbocycles. The molecule has 0 radical (unpaired) electrons. The van der Waals surface area contributed by atoms with Crippen molar-refractivity contribution in [2.24, 2.45) is 0 Å². The predicted octanol–water partition coefficient (Wildman–Crippen LogP) is -0.595. The second kappa shape index (κ2) is 2.33. The summed E-state index contributed by atoms with van der Waals surface area (Å²) in [5, 5.41) is 1.16. The number of hydroxylamine groups is 2. The Morgan fingerprint density at radius 1 is 1.89 bits per heavy atom. The van der Waals surface area contributed by atoms with E-state index >= 15 is 0 Å². The van der Waals surface area contributed by atoms with Crippen LogP contribution in [0, 0.1) is 0 Å². The van der Waals surface area contributed by atoms with E-state index < -0.39 is 0 Å². The quantitative estimate of drug-likeness (QED) is 0.371. The van der Waals surface area contributed by atoms with Crippen molar-refractivity contribution in [1.82, 2.24) is 5.06 Å². The number of amides is 1. The Kier molecular flexibility index (Phi) is 1.68. The largest absolute Gasteiger partial charge is 0.363 e. The average molecular weight is 131 g/mol. The van der Waals surface area contributed by atoms with Gasteiger partial charge in [0.05, 0.1) is 13.7 Å². The van der Waals surface area contributed by atoms with Crippen molar-refractivity contribution in [1.29, 1.82) is 0 Å². The molecule has 1 aliphatic heterocycles. The molecule has 1 heterocycles. The summed E-state index contributed by atoms with van der Waals surface area (Å²) in [6, 6.07) is 0. The molecule has 0 spiro atoms. The fourth-order valence-electron chi connectivity index (χ4n) is 0.483. The topological polar surface area (TPSA) is 42.1 Å². The number of carbonyl (C=O) groups is 1. The number of nitrogens with zero attached hydrogens (tertiary/aromatic N) is 1. The molecule has 4 nitrogen and oxygen atoms in total. The lowest BCUT2D eigenvalue weighted by atomic mass is 10.4. The maximum Gasteiger partial charge on any atom is 0.277 e. The van der Waals surface area contributed by atoms with Gasteiger partial charge in [0.2, 0.25) is 0 Å². The van der Waals surface area contributed by atoms with E-state index in [-0.39, 0.29) is 12.0 Å². The Balaban J connectivity index is 2.31. The second-order valence-corrected chi connectivity index (χ2v) is 1.84. The first-order valence-electron chi connectivity index (χ1n) is 2.69. The molecule has 52 valence electrons. The summed E-state index contributed by atoms with van der Waals surface area (Å²) in [5.74, 6) is -0.113. The Labute approximate surface area is 53.3 Å². The molecule has 1 aliphatic rings. The predicted molar refractivity (Wildman–Crippen MR) is 29.5 cm³/mol. The number of likely N-dealkylation sites (N-methyl/N-ethyl adjacent to an activating group) is 1. The molecule has 1 saturated heterocycles. The number of rotatable bonds is 2. The summed E-state index contributed by atoms with van der Waals surface area (Å²) in [6.07, 6.45) is -0.241. The lowest BCUT2D eigenvalue weighted by molar-refractivity contribution is -0.169. The van der Waals surface area contributed by atoms with Gasteiger partial charge in [-0.3, -0.25) is 9.63 Å². The van der Waals surface area contributed by atoms with Crippen LogP contribution in [0.3, 0.4) is 0 Å². The molecule has 0 bridgehead atoms. The van der Waals surface area contributed by atoms with Crippen LogP contribution in [0.15, 0.2) is 0 Å². The molecule has 9 heavy (non-hydrogen) atoms. The number of hydrogen-bond acceptors (Lipinski definition) is 3. The summed E-state index contributed by atoms with van der Waals surface area (Å²) in [4.78, 5) is 15.4. The van der Waals surface area contributed by atoms with E-state index in [0.29, 0.717) is 6.61 Å². The third-order valence-electron chi connectivity index (χ3n) is 1.19. The van der Waals surface area contributed by atoms with Crippen LogP contribution in [0.2, 0.25) is 0 Å². The number of epoxide rings is 1. The van der Waals surface area contributed by atoms with Gasteiger partial charge in [-0.1, -0.05) is 0 Å². The standard InChI is InChI=1S/C5H9NO3/c1-6(8-2)5(7)4-3-9-4/h4H,3H2,1-2H3/t4-/m0/s1. The van der Waals surface area contributed by atoms with Gasteiger partial charge in [0.25, 0.3) is 5.91 Å². The maximum absolute atomic E-state index is 10.8. The van der Waals surface area contributed by atoms with Crippen molar-refractivity contribution in [2.45, 2.75) is 6.10 Å². The van der Waals surface area contributed by atoms with Crippen LogP contribution in [0.25, 0.3) is 0 Å². The van der Waals surface area contributed by atoms with Crippen LogP contribution in [-0.2, 0) is 14.4 Å². The maximum atomic E-state index is 10.8. The zero-order chi connectivity index (χ0) is 6.85. The third-order valence-corrected chi connectivity index (χ3v) is 1.19. The van der Waals surface area contributed by atoms with Crippen LogP contribution >= 0.6 is 0 Å². The minimum atomic E-state index is -0.241. The first kappa shape index (κ1) is 6.51. The minimum absolute atomic E-state index is 0.113. The summed E-state index contributed by atoms with van der Waals surface area (Å²) >= 11 is 0. The van der Waals surface area contributed by atoms with Crippen LogP contribution in [0.4, 0.5) is 0 Å². The van der Waals surface area contributed by atoms with Crippen LogP contribution in [-0.4, -0.2) is 37.8 Å². The average Bonchev–Trinajstić information content (AvgIpc) is 2.66. The summed E-state index contributed by atoms with van der Waals surface area (Å²) < 4.78 is 4.72. The van der Waals surface area contributed by atoms with Crippen molar-refractivity contribution in [3.05, 3.63) is 0 Å². The zero-order valence-corrected chi connectivity index (χ0v) is 5.46. The van der Waals surface area contributed by atoms with E-state index in [1.165, 1.54) is 7.11 Å². The third kappa shape index (κ3) is 1.40. The molecule has 0 aliphatic carbocycles. The molecule has 0 saturated carbocycles. The number of ether oxygens (including phenoxy) is 1. The molecule has 1 fully saturated rings. The van der Waals surface area contributed by atoms with Gasteiger partial charge in [-0.05, 0) is 0 Å².